The van der Waals surface area contributed by atoms with Crippen LogP contribution in [0.15, 0.2) is 9.98 Å². The molecule has 2 aromatic heterocycles. The first-order valence-corrected chi connectivity index (χ1v) is 14.9. The Bertz CT molecular complexity index is 1450. The number of carbonyl (C=O) groups is 4. The summed E-state index contributed by atoms with van der Waals surface area (Å²) in [5, 5.41) is 0.627. The average Bonchev–Trinajstić information content (AvgIpc) is 3.63. The third kappa shape index (κ3) is 3.54. The molecule has 0 spiro atoms. The third-order valence-corrected chi connectivity index (χ3v) is 10.6. The van der Waals surface area contributed by atoms with Crippen LogP contribution < -0.4 is 4.74 Å². The van der Waals surface area contributed by atoms with Crippen LogP contribution in [0.5, 0.6) is 5.88 Å². The predicted molar refractivity (Wildman–Crippen MR) is 142 cm³/mol. The summed E-state index contributed by atoms with van der Waals surface area (Å²) in [6.07, 6.45) is 6.80. The first-order valence-electron chi connectivity index (χ1n) is 13.3. The van der Waals surface area contributed by atoms with Crippen molar-refractivity contribution in [1.29, 1.82) is 0 Å². The molecule has 1 aliphatic heterocycles. The summed E-state index contributed by atoms with van der Waals surface area (Å²) in [5.74, 6) is -1.29. The maximum atomic E-state index is 13.0. The Morgan fingerprint density at radius 1 is 0.684 bits per heavy atom. The average molecular weight is 551 g/mol. The molecule has 11 heteroatoms. The van der Waals surface area contributed by atoms with Crippen LogP contribution in [0, 0.1) is 23.7 Å². The van der Waals surface area contributed by atoms with E-state index >= 15 is 0 Å². The number of aromatic nitrogens is 2. The van der Waals surface area contributed by atoms with Gasteiger partial charge in [0.2, 0.25) is 16.1 Å². The van der Waals surface area contributed by atoms with E-state index in [1.54, 1.807) is 0 Å². The summed E-state index contributed by atoms with van der Waals surface area (Å²) in [6.45, 7) is 3.73. The molecule has 4 atom stereocenters. The summed E-state index contributed by atoms with van der Waals surface area (Å²) in [7, 11) is 0. The second-order valence-corrected chi connectivity index (χ2v) is 13.2. The quantitative estimate of drug-likeness (QED) is 0.517. The molecule has 4 aliphatic carbocycles. The zero-order chi connectivity index (χ0) is 26.3. The molecule has 38 heavy (non-hydrogen) atoms. The number of carbonyl (C=O) groups excluding carboxylic acids is 4. The number of fused-ring (bicyclic) bond motifs is 5. The van der Waals surface area contributed by atoms with Crippen LogP contribution in [-0.4, -0.2) is 44.5 Å². The number of ether oxygens (including phenoxy) is 1. The van der Waals surface area contributed by atoms with Crippen LogP contribution >= 0.6 is 22.7 Å². The van der Waals surface area contributed by atoms with Gasteiger partial charge in [-0.05, 0) is 39.5 Å². The highest BCUT2D eigenvalue weighted by Gasteiger charge is 2.49. The SMILES string of the molecule is CC1(C)Oc2nc(N=C3C(=O)C4CCCCC4C3=O)sc2-c2sc(N=C3C(=O)C4CCCCC4C3=O)nc21. The lowest BCUT2D eigenvalue weighted by Crippen LogP contribution is -2.29. The van der Waals surface area contributed by atoms with Gasteiger partial charge in [0.25, 0.3) is 0 Å². The molecule has 196 valence electrons. The normalized spacial score (nSPS) is 29.5. The van der Waals surface area contributed by atoms with E-state index in [-0.39, 0.29) is 58.2 Å². The lowest BCUT2D eigenvalue weighted by molar-refractivity contribution is -0.120. The fraction of sp³-hybridized carbons (Fsp3) is 0.556. The zero-order valence-electron chi connectivity index (χ0n) is 21.1. The Kier molecular flexibility index (Phi) is 5.43. The lowest BCUT2D eigenvalue weighted by atomic mass is 9.81. The van der Waals surface area contributed by atoms with E-state index in [2.05, 4.69) is 20.0 Å². The fourth-order valence-corrected chi connectivity index (χ4v) is 8.73. The number of Topliss-reactive ketones (excluding diaryl/α,β-unsaturated/α-hetero) is 4. The van der Waals surface area contributed by atoms with Crippen molar-refractivity contribution in [3.8, 4) is 15.6 Å². The van der Waals surface area contributed by atoms with Crippen LogP contribution in [0.4, 0.5) is 10.3 Å². The topological polar surface area (TPSA) is 128 Å². The van der Waals surface area contributed by atoms with Gasteiger partial charge >= 0.3 is 0 Å². The van der Waals surface area contributed by atoms with E-state index in [1.165, 1.54) is 22.7 Å². The van der Waals surface area contributed by atoms with Gasteiger partial charge in [-0.1, -0.05) is 48.4 Å². The third-order valence-electron chi connectivity index (χ3n) is 8.56. The van der Waals surface area contributed by atoms with E-state index in [1.807, 2.05) is 13.8 Å². The molecule has 2 aromatic rings. The van der Waals surface area contributed by atoms with E-state index in [0.29, 0.717) is 26.7 Å². The number of hydrogen-bond donors (Lipinski definition) is 0. The van der Waals surface area contributed by atoms with E-state index < -0.39 is 5.60 Å². The number of thiazole rings is 2. The van der Waals surface area contributed by atoms with Crippen molar-refractivity contribution < 1.29 is 23.9 Å². The summed E-state index contributed by atoms with van der Waals surface area (Å²) in [6, 6.07) is 0. The molecule has 4 unspecified atom stereocenters. The first kappa shape index (κ1) is 24.1. The smallest absolute Gasteiger partial charge is 0.236 e. The van der Waals surface area contributed by atoms with Crippen LogP contribution in [0.1, 0.15) is 70.9 Å². The molecule has 4 saturated carbocycles. The number of aliphatic imine (C=N–C) groups is 2. The molecule has 9 nitrogen and oxygen atoms in total. The van der Waals surface area contributed by atoms with Gasteiger partial charge in [0.05, 0.1) is 4.88 Å². The van der Waals surface area contributed by atoms with Crippen molar-refractivity contribution in [2.45, 2.75) is 70.8 Å². The largest absolute Gasteiger partial charge is 0.464 e. The number of ketones is 4. The fourth-order valence-electron chi connectivity index (χ4n) is 6.64. The number of rotatable bonds is 2. The Morgan fingerprint density at radius 2 is 1.11 bits per heavy atom. The van der Waals surface area contributed by atoms with Gasteiger partial charge in [0.1, 0.15) is 16.2 Å². The van der Waals surface area contributed by atoms with Gasteiger partial charge in [-0.15, -0.1) is 0 Å². The lowest BCUT2D eigenvalue weighted by Gasteiger charge is -2.28. The Labute approximate surface area is 226 Å². The van der Waals surface area contributed by atoms with Crippen molar-refractivity contribution in [3.05, 3.63) is 5.69 Å². The minimum atomic E-state index is -0.832. The first-order chi connectivity index (χ1) is 18.2. The molecule has 7 rings (SSSR count). The van der Waals surface area contributed by atoms with Gasteiger partial charge in [-0.2, -0.15) is 4.98 Å². The zero-order valence-corrected chi connectivity index (χ0v) is 22.7. The summed E-state index contributed by atoms with van der Waals surface area (Å²) >= 11 is 2.52. The molecule has 0 radical (unpaired) electrons. The van der Waals surface area contributed by atoms with Crippen LogP contribution in [0.2, 0.25) is 0 Å². The van der Waals surface area contributed by atoms with E-state index in [0.717, 1.165) is 56.2 Å². The van der Waals surface area contributed by atoms with Crippen molar-refractivity contribution in [2.24, 2.45) is 33.7 Å². The van der Waals surface area contributed by atoms with Crippen molar-refractivity contribution in [2.75, 3.05) is 0 Å². The number of hydrogen-bond acceptors (Lipinski definition) is 11. The molecule has 0 amide bonds. The van der Waals surface area contributed by atoms with Crippen LogP contribution in [0.25, 0.3) is 9.75 Å². The Balaban J connectivity index is 1.25. The molecular formula is C27H26N4O5S2. The van der Waals surface area contributed by atoms with E-state index in [4.69, 9.17) is 4.74 Å². The monoisotopic (exact) mass is 550 g/mol. The van der Waals surface area contributed by atoms with Crippen LogP contribution in [0.3, 0.4) is 0 Å². The summed E-state index contributed by atoms with van der Waals surface area (Å²) in [5.41, 5.74) is -0.167. The van der Waals surface area contributed by atoms with Crippen molar-refractivity contribution in [3.63, 3.8) is 0 Å². The predicted octanol–water partition coefficient (Wildman–Crippen LogP) is 4.96. The van der Waals surface area contributed by atoms with Crippen LogP contribution in [-0.2, 0) is 24.8 Å². The van der Waals surface area contributed by atoms with E-state index in [9.17, 15) is 19.2 Å². The van der Waals surface area contributed by atoms with Gasteiger partial charge in [-0.25, -0.2) is 15.0 Å². The molecule has 0 bridgehead atoms. The second kappa shape index (κ2) is 8.54. The molecule has 4 fully saturated rings. The molecule has 0 N–H and O–H groups in total. The molecule has 0 aromatic carbocycles. The maximum absolute atomic E-state index is 13.0. The van der Waals surface area contributed by atoms with Crippen molar-refractivity contribution >= 4 is 67.5 Å². The number of nitrogens with zero attached hydrogens (tertiary/aromatic N) is 4. The minimum Gasteiger partial charge on any atom is -0.464 e. The highest BCUT2D eigenvalue weighted by molar-refractivity contribution is 7.25. The second-order valence-electron chi connectivity index (χ2n) is 11.3. The summed E-state index contributed by atoms with van der Waals surface area (Å²) < 4.78 is 6.16. The highest BCUT2D eigenvalue weighted by Crippen LogP contribution is 2.53. The van der Waals surface area contributed by atoms with Gasteiger partial charge in [-0.3, -0.25) is 19.2 Å². The minimum absolute atomic E-state index is 0.00333. The standard InChI is InChI=1S/C27H26N4O5S2/c1-27(2)23-21(37-25(30-23)28-15-17(32)11-7-3-4-8-12(11)18(15)33)22-24(36-27)31-26(38-22)29-16-19(34)13-9-5-6-10-14(13)20(16)35/h11-14H,3-10H2,1-2H3. The Hall–Kier alpha value is -2.92. The van der Waals surface area contributed by atoms with Gasteiger partial charge in [0, 0.05) is 23.7 Å². The van der Waals surface area contributed by atoms with Crippen molar-refractivity contribution in [1.82, 2.24) is 9.97 Å². The van der Waals surface area contributed by atoms with Gasteiger partial charge < -0.3 is 4.74 Å². The highest BCUT2D eigenvalue weighted by atomic mass is 32.1. The molecule has 0 saturated heterocycles. The molecule has 3 heterocycles. The summed E-state index contributed by atoms with van der Waals surface area (Å²) in [4.78, 5) is 71.4. The Morgan fingerprint density at radius 3 is 1.58 bits per heavy atom. The maximum Gasteiger partial charge on any atom is 0.236 e. The van der Waals surface area contributed by atoms with Gasteiger partial charge in [0.15, 0.2) is 34.6 Å². The molecule has 5 aliphatic rings. The molecular weight excluding hydrogens is 524 g/mol.